The maximum absolute atomic E-state index is 12.5. The van der Waals surface area contributed by atoms with E-state index >= 15 is 0 Å². The van der Waals surface area contributed by atoms with Crippen LogP contribution >= 0.6 is 0 Å². The summed E-state index contributed by atoms with van der Waals surface area (Å²) in [7, 11) is 0. The van der Waals surface area contributed by atoms with Crippen LogP contribution in [0, 0.1) is 6.92 Å². The third-order valence-electron chi connectivity index (χ3n) is 4.61. The van der Waals surface area contributed by atoms with E-state index in [-0.39, 0.29) is 5.76 Å². The molecule has 0 aliphatic carbocycles. The number of rotatable bonds is 5. The van der Waals surface area contributed by atoms with E-state index in [0.717, 1.165) is 10.3 Å². The van der Waals surface area contributed by atoms with Crippen molar-refractivity contribution < 1.29 is 28.3 Å². The minimum atomic E-state index is -0.747. The Balaban J connectivity index is 1.53. The van der Waals surface area contributed by atoms with Crippen LogP contribution in [0.15, 0.2) is 46.9 Å². The number of ether oxygens (including phenoxy) is 2. The predicted molar refractivity (Wildman–Crippen MR) is 99.3 cm³/mol. The SMILES string of the molecule is CCOc1ccc2oc(C(=O)OCN3C(=O)c4ccccc4C3=O)c(C)c2c1. The summed E-state index contributed by atoms with van der Waals surface area (Å²) in [6.07, 6.45) is 0. The molecule has 0 N–H and O–H groups in total. The third kappa shape index (κ3) is 2.81. The molecule has 7 nitrogen and oxygen atoms in total. The fraction of sp³-hybridized carbons (Fsp3) is 0.190. The number of benzene rings is 2. The van der Waals surface area contributed by atoms with E-state index in [1.54, 1.807) is 49.4 Å². The summed E-state index contributed by atoms with van der Waals surface area (Å²) in [5.41, 5.74) is 1.72. The number of hydrogen-bond donors (Lipinski definition) is 0. The Morgan fingerprint density at radius 3 is 2.39 bits per heavy atom. The normalized spacial score (nSPS) is 13.1. The van der Waals surface area contributed by atoms with E-state index in [1.807, 2.05) is 6.92 Å². The predicted octanol–water partition coefficient (Wildman–Crippen LogP) is 3.55. The van der Waals surface area contributed by atoms with Gasteiger partial charge in [0.25, 0.3) is 11.8 Å². The Labute approximate surface area is 160 Å². The van der Waals surface area contributed by atoms with Gasteiger partial charge in [0.1, 0.15) is 11.3 Å². The van der Waals surface area contributed by atoms with E-state index in [9.17, 15) is 14.4 Å². The Morgan fingerprint density at radius 2 is 1.75 bits per heavy atom. The number of imide groups is 1. The summed E-state index contributed by atoms with van der Waals surface area (Å²) < 4.78 is 16.3. The summed E-state index contributed by atoms with van der Waals surface area (Å²) >= 11 is 0. The molecule has 1 aromatic heterocycles. The van der Waals surface area contributed by atoms with Crippen molar-refractivity contribution in [1.29, 1.82) is 0 Å². The molecule has 28 heavy (non-hydrogen) atoms. The zero-order valence-electron chi connectivity index (χ0n) is 15.4. The van der Waals surface area contributed by atoms with Crippen LogP contribution in [0.3, 0.4) is 0 Å². The third-order valence-corrected chi connectivity index (χ3v) is 4.61. The van der Waals surface area contributed by atoms with Crippen molar-refractivity contribution >= 4 is 28.8 Å². The largest absolute Gasteiger partial charge is 0.494 e. The van der Waals surface area contributed by atoms with Crippen molar-refractivity contribution in [2.45, 2.75) is 13.8 Å². The summed E-state index contributed by atoms with van der Waals surface area (Å²) in [6.45, 7) is 3.66. The van der Waals surface area contributed by atoms with Crippen molar-refractivity contribution in [3.05, 3.63) is 64.9 Å². The molecule has 0 radical (unpaired) electrons. The first-order valence-corrected chi connectivity index (χ1v) is 8.79. The molecule has 0 atom stereocenters. The first-order valence-electron chi connectivity index (χ1n) is 8.79. The number of aryl methyl sites for hydroxylation is 1. The van der Waals surface area contributed by atoms with Gasteiger partial charge in [0.2, 0.25) is 5.76 Å². The van der Waals surface area contributed by atoms with Gasteiger partial charge in [-0.05, 0) is 44.2 Å². The second-order valence-corrected chi connectivity index (χ2v) is 6.29. The highest BCUT2D eigenvalue weighted by molar-refractivity contribution is 6.21. The average Bonchev–Trinajstić information content (AvgIpc) is 3.16. The Morgan fingerprint density at radius 1 is 1.07 bits per heavy atom. The summed E-state index contributed by atoms with van der Waals surface area (Å²) in [4.78, 5) is 38.1. The van der Waals surface area contributed by atoms with Gasteiger partial charge in [-0.15, -0.1) is 0 Å². The Kier molecular flexibility index (Phi) is 4.35. The van der Waals surface area contributed by atoms with Crippen LogP contribution in [-0.2, 0) is 4.74 Å². The highest BCUT2D eigenvalue weighted by atomic mass is 16.6. The summed E-state index contributed by atoms with van der Waals surface area (Å²) in [6, 6.07) is 11.7. The van der Waals surface area contributed by atoms with Crippen molar-refractivity contribution in [2.75, 3.05) is 13.3 Å². The molecule has 2 amide bonds. The topological polar surface area (TPSA) is 86.1 Å². The molecule has 0 unspecified atom stereocenters. The van der Waals surface area contributed by atoms with Gasteiger partial charge in [-0.1, -0.05) is 12.1 Å². The first-order chi connectivity index (χ1) is 13.5. The minimum absolute atomic E-state index is 0.0280. The molecule has 1 aliphatic heterocycles. The van der Waals surface area contributed by atoms with Crippen molar-refractivity contribution in [2.24, 2.45) is 0 Å². The van der Waals surface area contributed by atoms with Crippen LogP contribution in [0.4, 0.5) is 0 Å². The minimum Gasteiger partial charge on any atom is -0.494 e. The van der Waals surface area contributed by atoms with E-state index < -0.39 is 24.5 Å². The maximum Gasteiger partial charge on any atom is 0.376 e. The number of fused-ring (bicyclic) bond motifs is 2. The monoisotopic (exact) mass is 379 g/mol. The molecular formula is C21H17NO6. The highest BCUT2D eigenvalue weighted by Gasteiger charge is 2.36. The fourth-order valence-corrected chi connectivity index (χ4v) is 3.20. The van der Waals surface area contributed by atoms with Gasteiger partial charge < -0.3 is 13.9 Å². The molecule has 0 fully saturated rings. The molecule has 0 bridgehead atoms. The van der Waals surface area contributed by atoms with E-state index in [1.165, 1.54) is 0 Å². The van der Waals surface area contributed by atoms with E-state index in [2.05, 4.69) is 0 Å². The zero-order valence-corrected chi connectivity index (χ0v) is 15.4. The first kappa shape index (κ1) is 17.8. The van der Waals surface area contributed by atoms with Crippen molar-refractivity contribution in [1.82, 2.24) is 4.90 Å². The van der Waals surface area contributed by atoms with Crippen molar-refractivity contribution in [3.8, 4) is 5.75 Å². The van der Waals surface area contributed by atoms with E-state index in [4.69, 9.17) is 13.9 Å². The molecule has 142 valence electrons. The fourth-order valence-electron chi connectivity index (χ4n) is 3.20. The van der Waals surface area contributed by atoms with Crippen molar-refractivity contribution in [3.63, 3.8) is 0 Å². The molecule has 0 saturated heterocycles. The van der Waals surface area contributed by atoms with Crippen LogP contribution in [0.25, 0.3) is 11.0 Å². The number of carbonyl (C=O) groups is 3. The number of hydrogen-bond acceptors (Lipinski definition) is 6. The molecule has 1 aliphatic rings. The molecular weight excluding hydrogens is 362 g/mol. The van der Waals surface area contributed by atoms with Gasteiger partial charge in [0.15, 0.2) is 6.73 Å². The zero-order chi connectivity index (χ0) is 19.8. The average molecular weight is 379 g/mol. The van der Waals surface area contributed by atoms with Crippen LogP contribution in [-0.4, -0.2) is 36.0 Å². The summed E-state index contributed by atoms with van der Waals surface area (Å²) in [5, 5.41) is 0.735. The van der Waals surface area contributed by atoms with Crippen LogP contribution in [0.2, 0.25) is 0 Å². The summed E-state index contributed by atoms with van der Waals surface area (Å²) in [5.74, 6) is -1.03. The lowest BCUT2D eigenvalue weighted by Gasteiger charge is -2.13. The second-order valence-electron chi connectivity index (χ2n) is 6.29. The molecule has 4 rings (SSSR count). The second kappa shape index (κ2) is 6.84. The number of carbonyl (C=O) groups excluding carboxylic acids is 3. The van der Waals surface area contributed by atoms with Gasteiger partial charge in [0, 0.05) is 10.9 Å². The number of esters is 1. The highest BCUT2D eigenvalue weighted by Crippen LogP contribution is 2.29. The van der Waals surface area contributed by atoms with Gasteiger partial charge >= 0.3 is 5.97 Å². The molecule has 2 aromatic carbocycles. The molecule has 3 aromatic rings. The lowest BCUT2D eigenvalue weighted by molar-refractivity contribution is 0.0205. The molecule has 7 heteroatoms. The van der Waals surface area contributed by atoms with Crippen LogP contribution < -0.4 is 4.74 Å². The lowest BCUT2D eigenvalue weighted by atomic mass is 10.1. The number of amides is 2. The number of nitrogens with zero attached hydrogens (tertiary/aromatic N) is 1. The van der Waals surface area contributed by atoms with Gasteiger partial charge in [-0.3, -0.25) is 9.59 Å². The molecule has 0 saturated carbocycles. The Hall–Kier alpha value is -3.61. The van der Waals surface area contributed by atoms with Crippen LogP contribution in [0.5, 0.6) is 5.75 Å². The Bertz CT molecular complexity index is 1080. The lowest BCUT2D eigenvalue weighted by Crippen LogP contribution is -2.33. The van der Waals surface area contributed by atoms with Gasteiger partial charge in [-0.25, -0.2) is 9.69 Å². The number of furan rings is 1. The maximum atomic E-state index is 12.5. The van der Waals surface area contributed by atoms with Crippen LogP contribution in [0.1, 0.15) is 43.8 Å². The van der Waals surface area contributed by atoms with Gasteiger partial charge in [0.05, 0.1) is 17.7 Å². The van der Waals surface area contributed by atoms with E-state index in [0.29, 0.717) is 34.6 Å². The molecule has 0 spiro atoms. The molecule has 2 heterocycles. The van der Waals surface area contributed by atoms with Gasteiger partial charge in [-0.2, -0.15) is 0 Å². The standard InChI is InChI=1S/C21H17NO6/c1-3-26-13-8-9-17-16(10-13)12(2)18(28-17)21(25)27-11-22-19(23)14-6-4-5-7-15(14)20(22)24/h4-10H,3,11H2,1-2H3. The smallest absolute Gasteiger partial charge is 0.376 e. The quantitative estimate of drug-likeness (QED) is 0.498.